The molecule has 0 heterocycles. The SMILES string of the molecule is CCNC(c1cc(Br)ccc1OCC)C(F)(F)C(F)F. The summed E-state index contributed by atoms with van der Waals surface area (Å²) in [5.74, 6) is -4.02. The standard InChI is InChI=1S/C13H16BrF4NO/c1-3-19-11(13(17,18)12(15)16)9-7-8(14)5-6-10(9)20-4-2/h5-7,11-12,19H,3-4H2,1-2H3. The van der Waals surface area contributed by atoms with E-state index in [0.717, 1.165) is 0 Å². The molecule has 2 nitrogen and oxygen atoms in total. The highest BCUT2D eigenvalue weighted by molar-refractivity contribution is 9.10. The van der Waals surface area contributed by atoms with Crippen LogP contribution in [0.1, 0.15) is 25.5 Å². The van der Waals surface area contributed by atoms with Crippen molar-refractivity contribution in [2.45, 2.75) is 32.2 Å². The second-order valence-electron chi connectivity index (χ2n) is 4.08. The first-order chi connectivity index (χ1) is 9.34. The molecule has 0 aliphatic carbocycles. The van der Waals surface area contributed by atoms with Crippen molar-refractivity contribution in [1.29, 1.82) is 0 Å². The summed E-state index contributed by atoms with van der Waals surface area (Å²) in [6.45, 7) is 3.66. The van der Waals surface area contributed by atoms with Gasteiger partial charge in [0.2, 0.25) is 0 Å². The highest BCUT2D eigenvalue weighted by Crippen LogP contribution is 2.41. The van der Waals surface area contributed by atoms with Crippen molar-refractivity contribution in [2.24, 2.45) is 0 Å². The third-order valence-corrected chi connectivity index (χ3v) is 3.16. The Bertz CT molecular complexity index is 442. The molecular weight excluding hydrogens is 342 g/mol. The Morgan fingerprint density at radius 3 is 2.45 bits per heavy atom. The lowest BCUT2D eigenvalue weighted by molar-refractivity contribution is -0.151. The summed E-state index contributed by atoms with van der Waals surface area (Å²) in [5, 5.41) is 2.42. The monoisotopic (exact) mass is 357 g/mol. The molecule has 0 amide bonds. The van der Waals surface area contributed by atoms with Crippen LogP contribution >= 0.6 is 15.9 Å². The molecule has 1 aromatic carbocycles. The first-order valence-corrected chi connectivity index (χ1v) is 6.95. The van der Waals surface area contributed by atoms with Crippen molar-refractivity contribution in [3.8, 4) is 5.75 Å². The van der Waals surface area contributed by atoms with E-state index in [2.05, 4.69) is 21.2 Å². The second kappa shape index (κ2) is 7.26. The number of hydrogen-bond donors (Lipinski definition) is 1. The third-order valence-electron chi connectivity index (χ3n) is 2.67. The molecular formula is C13H16BrF4NO. The van der Waals surface area contributed by atoms with E-state index in [9.17, 15) is 17.6 Å². The van der Waals surface area contributed by atoms with Crippen molar-refractivity contribution < 1.29 is 22.3 Å². The molecule has 0 saturated carbocycles. The van der Waals surface area contributed by atoms with Gasteiger partial charge in [-0.1, -0.05) is 22.9 Å². The summed E-state index contributed by atoms with van der Waals surface area (Å²) >= 11 is 3.15. The molecule has 1 N–H and O–H groups in total. The smallest absolute Gasteiger partial charge is 0.326 e. The zero-order chi connectivity index (χ0) is 15.3. The lowest BCUT2D eigenvalue weighted by Crippen LogP contribution is -2.42. The third kappa shape index (κ3) is 3.85. The molecule has 114 valence electrons. The number of rotatable bonds is 7. The molecule has 0 saturated heterocycles. The first kappa shape index (κ1) is 17.2. The van der Waals surface area contributed by atoms with Crippen LogP contribution in [-0.4, -0.2) is 25.5 Å². The summed E-state index contributed by atoms with van der Waals surface area (Å²) in [6, 6.07) is 2.65. The van der Waals surface area contributed by atoms with Gasteiger partial charge in [0, 0.05) is 10.0 Å². The Kier molecular flexibility index (Phi) is 6.26. The van der Waals surface area contributed by atoms with Crippen molar-refractivity contribution in [2.75, 3.05) is 13.2 Å². The Morgan fingerprint density at radius 2 is 1.95 bits per heavy atom. The Balaban J connectivity index is 3.30. The minimum Gasteiger partial charge on any atom is -0.494 e. The molecule has 1 unspecified atom stereocenters. The van der Waals surface area contributed by atoms with E-state index in [1.54, 1.807) is 19.9 Å². The fourth-order valence-corrected chi connectivity index (χ4v) is 2.19. The van der Waals surface area contributed by atoms with Crippen LogP contribution in [0.2, 0.25) is 0 Å². The largest absolute Gasteiger partial charge is 0.494 e. The number of ether oxygens (including phenoxy) is 1. The number of nitrogens with one attached hydrogen (secondary N) is 1. The van der Waals surface area contributed by atoms with Crippen molar-refractivity contribution in [3.63, 3.8) is 0 Å². The average Bonchev–Trinajstić information content (AvgIpc) is 2.38. The molecule has 0 fully saturated rings. The van der Waals surface area contributed by atoms with Crippen LogP contribution in [0.25, 0.3) is 0 Å². The van der Waals surface area contributed by atoms with Gasteiger partial charge < -0.3 is 10.1 Å². The minimum atomic E-state index is -4.19. The molecule has 0 spiro atoms. The van der Waals surface area contributed by atoms with Crippen LogP contribution in [0.4, 0.5) is 17.6 Å². The van der Waals surface area contributed by atoms with Crippen LogP contribution in [0.3, 0.4) is 0 Å². The highest BCUT2D eigenvalue weighted by Gasteiger charge is 2.50. The van der Waals surface area contributed by atoms with Gasteiger partial charge >= 0.3 is 12.3 Å². The summed E-state index contributed by atoms with van der Waals surface area (Å²) < 4.78 is 58.6. The molecule has 0 bridgehead atoms. The molecule has 0 radical (unpaired) electrons. The Labute approximate surface area is 123 Å². The number of hydrogen-bond acceptors (Lipinski definition) is 2. The fourth-order valence-electron chi connectivity index (χ4n) is 1.82. The normalized spacial score (nSPS) is 13.6. The van der Waals surface area contributed by atoms with Gasteiger partial charge in [0.1, 0.15) is 11.8 Å². The zero-order valence-electron chi connectivity index (χ0n) is 11.1. The maximum absolute atomic E-state index is 13.8. The summed E-state index contributed by atoms with van der Waals surface area (Å²) in [5.41, 5.74) is 0.00775. The maximum atomic E-state index is 13.8. The molecule has 0 aliphatic rings. The van der Waals surface area contributed by atoms with Gasteiger partial charge in [0.15, 0.2) is 0 Å². The van der Waals surface area contributed by atoms with Gasteiger partial charge in [-0.25, -0.2) is 8.78 Å². The van der Waals surface area contributed by atoms with Crippen LogP contribution in [0, 0.1) is 0 Å². The van der Waals surface area contributed by atoms with Gasteiger partial charge in [-0.15, -0.1) is 0 Å². The molecule has 0 aliphatic heterocycles. The summed E-state index contributed by atoms with van der Waals surface area (Å²) in [4.78, 5) is 0. The van der Waals surface area contributed by atoms with Crippen LogP contribution in [0.15, 0.2) is 22.7 Å². The van der Waals surface area contributed by atoms with Gasteiger partial charge in [-0.3, -0.25) is 0 Å². The predicted molar refractivity (Wildman–Crippen MR) is 72.7 cm³/mol. The Morgan fingerprint density at radius 1 is 1.30 bits per heavy atom. The maximum Gasteiger partial charge on any atom is 0.326 e. The van der Waals surface area contributed by atoms with Crippen molar-refractivity contribution in [1.82, 2.24) is 5.32 Å². The van der Waals surface area contributed by atoms with E-state index in [-0.39, 0.29) is 24.5 Å². The number of halogens is 5. The predicted octanol–water partition coefficient (Wildman–Crippen LogP) is 4.40. The molecule has 20 heavy (non-hydrogen) atoms. The van der Waals surface area contributed by atoms with Crippen LogP contribution in [-0.2, 0) is 0 Å². The zero-order valence-corrected chi connectivity index (χ0v) is 12.7. The fraction of sp³-hybridized carbons (Fsp3) is 0.538. The molecule has 1 aromatic rings. The van der Waals surface area contributed by atoms with E-state index in [0.29, 0.717) is 4.47 Å². The molecule has 0 aromatic heterocycles. The Hall–Kier alpha value is -0.820. The molecule has 7 heteroatoms. The van der Waals surface area contributed by atoms with Gasteiger partial charge in [0.05, 0.1) is 6.61 Å². The van der Waals surface area contributed by atoms with E-state index in [4.69, 9.17) is 4.74 Å². The molecule has 1 atom stereocenters. The summed E-state index contributed by atoms with van der Waals surface area (Å²) in [7, 11) is 0. The van der Waals surface area contributed by atoms with E-state index in [1.807, 2.05) is 0 Å². The van der Waals surface area contributed by atoms with E-state index < -0.39 is 18.4 Å². The lowest BCUT2D eigenvalue weighted by atomic mass is 9.99. The van der Waals surface area contributed by atoms with E-state index in [1.165, 1.54) is 12.1 Å². The first-order valence-electron chi connectivity index (χ1n) is 6.16. The van der Waals surface area contributed by atoms with Crippen molar-refractivity contribution in [3.05, 3.63) is 28.2 Å². The topological polar surface area (TPSA) is 21.3 Å². The minimum absolute atomic E-state index is 0.00775. The van der Waals surface area contributed by atoms with Gasteiger partial charge in [-0.05, 0) is 31.7 Å². The van der Waals surface area contributed by atoms with Crippen LogP contribution < -0.4 is 10.1 Å². The van der Waals surface area contributed by atoms with Gasteiger partial charge in [0.25, 0.3) is 0 Å². The van der Waals surface area contributed by atoms with E-state index >= 15 is 0 Å². The second-order valence-corrected chi connectivity index (χ2v) is 5.00. The summed E-state index contributed by atoms with van der Waals surface area (Å²) in [6.07, 6.45) is -3.76. The average molecular weight is 358 g/mol. The van der Waals surface area contributed by atoms with Gasteiger partial charge in [-0.2, -0.15) is 8.78 Å². The lowest BCUT2D eigenvalue weighted by Gasteiger charge is -2.28. The number of alkyl halides is 4. The number of benzene rings is 1. The van der Waals surface area contributed by atoms with Crippen molar-refractivity contribution >= 4 is 15.9 Å². The highest BCUT2D eigenvalue weighted by atomic mass is 79.9. The quantitative estimate of drug-likeness (QED) is 0.730. The molecule has 1 rings (SSSR count). The van der Waals surface area contributed by atoms with Crippen LogP contribution in [0.5, 0.6) is 5.75 Å².